The van der Waals surface area contributed by atoms with Crippen LogP contribution in [-0.2, 0) is 34.9 Å². The van der Waals surface area contributed by atoms with Crippen LogP contribution < -0.4 is 0 Å². The SMILES string of the molecule is O=P(OC12CC(=Cc3ccc4cc5ccccc5cc4c31)c1ccc2cc1)(OC12CC(=Cc3ccc4cc5ccccc5cc4c31)c1ccc2cc1)OC12CC(=Cc3ccc4cc5ccccc5cc4c31)c1ccc2cc1. The Balaban J connectivity index is 0.947. The quantitative estimate of drug-likeness (QED) is 0.123. The van der Waals surface area contributed by atoms with Gasteiger partial charge in [0.15, 0.2) is 0 Å². The fourth-order valence-corrected chi connectivity index (χ4v) is 16.8. The van der Waals surface area contributed by atoms with Crippen molar-refractivity contribution in [3.63, 3.8) is 0 Å². The molecular formula is C72H45O4P. The molecule has 0 saturated heterocycles. The van der Waals surface area contributed by atoms with E-state index in [-0.39, 0.29) is 0 Å². The van der Waals surface area contributed by atoms with E-state index in [1.807, 2.05) is 0 Å². The molecule has 0 aliphatic heterocycles. The summed E-state index contributed by atoms with van der Waals surface area (Å²) >= 11 is 0. The molecule has 77 heavy (non-hydrogen) atoms. The molecule has 9 aliphatic rings. The standard InChI is InChI=1S/C72H45O4P/c73-77(74-70-40-58(43-19-25-61(70)26-20-43)34-55-16-13-52-31-46-7-1-4-10-49(46)37-64(52)67(55)70,75-71-41-59(44-21-27-62(71)28-22-44)35-56-17-14-53-32-47-8-2-5-11-50(47)38-65(53)68(56)71)76-72-42-60(45-23-29-63(72)30-24-45)36-57-18-15-54-33-48-9-3-6-12-51(48)39-66(54)69(57)72/h1-39H,40-42H2. The number of fused-ring (bicyclic) bond motifs is 18. The summed E-state index contributed by atoms with van der Waals surface area (Å²) in [5, 5.41) is 13.2. The predicted molar refractivity (Wildman–Crippen MR) is 314 cm³/mol. The summed E-state index contributed by atoms with van der Waals surface area (Å²) in [6.45, 7) is 0. The molecular weight excluding hydrogens is 960 g/mol. The summed E-state index contributed by atoms with van der Waals surface area (Å²) in [6.07, 6.45) is 8.19. The van der Waals surface area contributed by atoms with Crippen LogP contribution in [0.25, 0.3) is 99.6 Å². The van der Waals surface area contributed by atoms with Crippen LogP contribution in [0.2, 0.25) is 0 Å². The van der Waals surface area contributed by atoms with Gasteiger partial charge in [0.2, 0.25) is 0 Å². The maximum Gasteiger partial charge on any atom is 0.478 e. The zero-order valence-corrected chi connectivity index (χ0v) is 42.6. The Labute approximate surface area is 444 Å². The van der Waals surface area contributed by atoms with Gasteiger partial charge in [-0.05, 0) is 168 Å². The molecule has 9 aliphatic carbocycles. The Bertz CT molecular complexity index is 4350. The van der Waals surface area contributed by atoms with Gasteiger partial charge in [0.1, 0.15) is 16.8 Å². The maximum atomic E-state index is 18.6. The van der Waals surface area contributed by atoms with E-state index < -0.39 is 24.6 Å². The third-order valence-electron chi connectivity index (χ3n) is 18.2. The van der Waals surface area contributed by atoms with Gasteiger partial charge in [0, 0.05) is 36.0 Å². The fourth-order valence-electron chi connectivity index (χ4n) is 14.8. The molecule has 21 rings (SSSR count). The third kappa shape index (κ3) is 5.86. The highest BCUT2D eigenvalue weighted by Gasteiger charge is 2.59. The van der Waals surface area contributed by atoms with Crippen molar-refractivity contribution in [2.45, 2.75) is 36.1 Å². The first-order valence-corrected chi connectivity index (χ1v) is 28.3. The van der Waals surface area contributed by atoms with Gasteiger partial charge in [0.05, 0.1) is 0 Å². The molecule has 0 saturated carbocycles. The molecule has 362 valence electrons. The second-order valence-corrected chi connectivity index (χ2v) is 23.8. The zero-order chi connectivity index (χ0) is 50.4. The topological polar surface area (TPSA) is 44.8 Å². The first-order chi connectivity index (χ1) is 37.8. The molecule has 5 heteroatoms. The van der Waals surface area contributed by atoms with Crippen molar-refractivity contribution < 1.29 is 18.1 Å². The van der Waals surface area contributed by atoms with Crippen molar-refractivity contribution in [1.82, 2.24) is 0 Å². The molecule has 0 spiro atoms. The van der Waals surface area contributed by atoms with Crippen LogP contribution in [-0.4, -0.2) is 0 Å². The lowest BCUT2D eigenvalue weighted by Crippen LogP contribution is -2.40. The lowest BCUT2D eigenvalue weighted by atomic mass is 9.74. The van der Waals surface area contributed by atoms with E-state index >= 15 is 4.57 Å². The number of phosphoric acid groups is 1. The van der Waals surface area contributed by atoms with Gasteiger partial charge in [-0.1, -0.05) is 200 Å². The van der Waals surface area contributed by atoms with Crippen LogP contribution in [0.4, 0.5) is 0 Å². The van der Waals surface area contributed by atoms with Crippen molar-refractivity contribution in [2.75, 3.05) is 0 Å². The van der Waals surface area contributed by atoms with E-state index in [2.05, 4.69) is 237 Å². The summed E-state index contributed by atoms with van der Waals surface area (Å²) < 4.78 is 43.2. The van der Waals surface area contributed by atoms with E-state index in [0.717, 1.165) is 148 Å². The Morgan fingerprint density at radius 1 is 0.299 bits per heavy atom. The number of benzene rings is 12. The summed E-state index contributed by atoms with van der Waals surface area (Å²) in [5.74, 6) is 0. The predicted octanol–water partition coefficient (Wildman–Crippen LogP) is 18.7. The van der Waals surface area contributed by atoms with E-state index in [1.165, 1.54) is 0 Å². The van der Waals surface area contributed by atoms with Crippen molar-refractivity contribution in [3.8, 4) is 0 Å². The molecule has 12 aromatic carbocycles. The third-order valence-corrected chi connectivity index (χ3v) is 19.8. The van der Waals surface area contributed by atoms with E-state index in [9.17, 15) is 0 Å². The maximum absolute atomic E-state index is 18.6. The van der Waals surface area contributed by atoms with Gasteiger partial charge >= 0.3 is 7.82 Å². The Kier molecular flexibility index (Phi) is 8.28. The molecule has 0 aromatic heterocycles. The summed E-state index contributed by atoms with van der Waals surface area (Å²) in [6, 6.07) is 78.8. The van der Waals surface area contributed by atoms with Crippen LogP contribution in [0.5, 0.6) is 0 Å². The van der Waals surface area contributed by atoms with Crippen molar-refractivity contribution >= 4 is 107 Å². The summed E-state index contributed by atoms with van der Waals surface area (Å²) in [4.78, 5) is 0. The Hall–Kier alpha value is -8.47. The lowest BCUT2D eigenvalue weighted by molar-refractivity contribution is -0.0387. The van der Waals surface area contributed by atoms with Crippen molar-refractivity contribution in [2.24, 2.45) is 0 Å². The average Bonchev–Trinajstić information content (AvgIpc) is 4.04. The summed E-state index contributed by atoms with van der Waals surface area (Å²) in [7, 11) is -5.02. The molecule has 3 atom stereocenters. The fraction of sp³-hybridized carbons (Fsp3) is 0.0833. The van der Waals surface area contributed by atoms with E-state index in [0.29, 0.717) is 19.3 Å². The van der Waals surface area contributed by atoms with E-state index in [4.69, 9.17) is 13.6 Å². The van der Waals surface area contributed by atoms with Crippen LogP contribution in [0, 0.1) is 0 Å². The van der Waals surface area contributed by atoms with Crippen molar-refractivity contribution in [1.29, 1.82) is 0 Å². The highest BCUT2D eigenvalue weighted by atomic mass is 31.2. The highest BCUT2D eigenvalue weighted by Crippen LogP contribution is 2.71. The van der Waals surface area contributed by atoms with Gasteiger partial charge < -0.3 is 0 Å². The van der Waals surface area contributed by atoms with Crippen LogP contribution in [0.15, 0.2) is 218 Å². The molecule has 0 fully saturated rings. The van der Waals surface area contributed by atoms with Crippen LogP contribution in [0.1, 0.15) is 86.0 Å². The van der Waals surface area contributed by atoms with Gasteiger partial charge in [-0.25, -0.2) is 4.57 Å². The minimum atomic E-state index is -5.02. The number of hydrogen-bond donors (Lipinski definition) is 0. The molecule has 0 amide bonds. The highest BCUT2D eigenvalue weighted by molar-refractivity contribution is 7.48. The Morgan fingerprint density at radius 3 is 0.857 bits per heavy atom. The molecule has 0 N–H and O–H groups in total. The second-order valence-electron chi connectivity index (χ2n) is 22.3. The molecule has 3 unspecified atom stereocenters. The molecule has 4 nitrogen and oxygen atoms in total. The first kappa shape index (κ1) is 42.7. The monoisotopic (exact) mass is 1000 g/mol. The normalized spacial score (nSPS) is 21.5. The van der Waals surface area contributed by atoms with Gasteiger partial charge in [-0.3, -0.25) is 13.6 Å². The second kappa shape index (κ2) is 14.9. The zero-order valence-electron chi connectivity index (χ0n) is 41.7. The Morgan fingerprint density at radius 2 is 0.571 bits per heavy atom. The average molecular weight is 1010 g/mol. The summed E-state index contributed by atoms with van der Waals surface area (Å²) in [5.41, 5.74) is 11.2. The minimum Gasteiger partial charge on any atom is -0.270 e. The lowest BCUT2D eigenvalue weighted by Gasteiger charge is -2.47. The smallest absolute Gasteiger partial charge is 0.270 e. The van der Waals surface area contributed by atoms with Crippen LogP contribution in [0.3, 0.4) is 0 Å². The number of hydrogen-bond acceptors (Lipinski definition) is 4. The molecule has 12 bridgehead atoms. The van der Waals surface area contributed by atoms with Gasteiger partial charge in [-0.15, -0.1) is 0 Å². The number of rotatable bonds is 6. The van der Waals surface area contributed by atoms with Gasteiger partial charge in [-0.2, -0.15) is 0 Å². The van der Waals surface area contributed by atoms with Crippen LogP contribution >= 0.6 is 7.82 Å². The number of phosphoric ester groups is 1. The first-order valence-electron chi connectivity index (χ1n) is 26.8. The van der Waals surface area contributed by atoms with Crippen molar-refractivity contribution in [3.05, 3.63) is 285 Å². The minimum absolute atomic E-state index is 0.420. The molecule has 0 heterocycles. The van der Waals surface area contributed by atoms with E-state index in [1.54, 1.807) is 0 Å². The largest absolute Gasteiger partial charge is 0.478 e. The van der Waals surface area contributed by atoms with Gasteiger partial charge in [0.25, 0.3) is 0 Å². The molecule has 0 radical (unpaired) electrons. The molecule has 12 aromatic rings.